The molecule has 0 spiro atoms. The van der Waals surface area contributed by atoms with Crippen LogP contribution in [0.2, 0.25) is 0 Å². The molecule has 0 aliphatic carbocycles. The lowest BCUT2D eigenvalue weighted by Crippen LogP contribution is -2.57. The average Bonchev–Trinajstić information content (AvgIpc) is 2.80. The van der Waals surface area contributed by atoms with Gasteiger partial charge in [-0.1, -0.05) is 19.9 Å². The summed E-state index contributed by atoms with van der Waals surface area (Å²) in [6.07, 6.45) is 2.60. The Hall–Kier alpha value is -2.94. The van der Waals surface area contributed by atoms with E-state index in [9.17, 15) is 19.2 Å². The zero-order chi connectivity index (χ0) is 23.8. The lowest BCUT2D eigenvalue weighted by atomic mass is 9.98. The van der Waals surface area contributed by atoms with Crippen molar-refractivity contribution in [3.8, 4) is 0 Å². The van der Waals surface area contributed by atoms with Gasteiger partial charge in [-0.25, -0.2) is 0 Å². The van der Waals surface area contributed by atoms with E-state index in [2.05, 4.69) is 17.6 Å². The molecular formula is C24H34N4O5. The largest absolute Gasteiger partial charge is 0.466 e. The molecule has 1 unspecified atom stereocenters. The molecule has 0 aromatic heterocycles. The van der Waals surface area contributed by atoms with E-state index in [-0.39, 0.29) is 30.7 Å². The van der Waals surface area contributed by atoms with Crippen molar-refractivity contribution >= 4 is 29.4 Å². The van der Waals surface area contributed by atoms with E-state index in [0.717, 1.165) is 25.9 Å². The fourth-order valence-electron chi connectivity index (χ4n) is 4.12. The van der Waals surface area contributed by atoms with E-state index in [1.54, 1.807) is 29.2 Å². The molecule has 2 aliphatic heterocycles. The summed E-state index contributed by atoms with van der Waals surface area (Å²) >= 11 is 0. The van der Waals surface area contributed by atoms with E-state index < -0.39 is 12.0 Å². The van der Waals surface area contributed by atoms with Crippen LogP contribution in [0.4, 0.5) is 5.69 Å². The number of carbonyl (C=O) groups excluding carboxylic acids is 4. The van der Waals surface area contributed by atoms with E-state index in [1.807, 2.05) is 11.8 Å². The van der Waals surface area contributed by atoms with Crippen molar-refractivity contribution in [3.63, 3.8) is 0 Å². The van der Waals surface area contributed by atoms with Crippen molar-refractivity contribution in [2.75, 3.05) is 44.6 Å². The second-order valence-corrected chi connectivity index (χ2v) is 8.81. The molecule has 180 valence electrons. The van der Waals surface area contributed by atoms with E-state index in [4.69, 9.17) is 4.74 Å². The van der Waals surface area contributed by atoms with E-state index >= 15 is 0 Å². The van der Waals surface area contributed by atoms with Crippen molar-refractivity contribution in [1.82, 2.24) is 15.1 Å². The molecule has 0 saturated carbocycles. The summed E-state index contributed by atoms with van der Waals surface area (Å²) in [6.45, 7) is 6.71. The molecule has 2 N–H and O–H groups in total. The Bertz CT molecular complexity index is 866. The SMILES string of the molecule is CCCOC(=O)CC1C(=O)NCCN1CC(=O)Nc1cccc(C(=O)N2CCC(C)CC2)c1. The predicted molar refractivity (Wildman–Crippen MR) is 124 cm³/mol. The summed E-state index contributed by atoms with van der Waals surface area (Å²) < 4.78 is 5.10. The van der Waals surface area contributed by atoms with Crippen LogP contribution in [-0.2, 0) is 19.1 Å². The number of piperidine rings is 1. The molecule has 3 rings (SSSR count). The van der Waals surface area contributed by atoms with Crippen LogP contribution in [-0.4, -0.2) is 78.9 Å². The van der Waals surface area contributed by atoms with Crippen LogP contribution in [0, 0.1) is 5.92 Å². The van der Waals surface area contributed by atoms with Crippen LogP contribution in [0.15, 0.2) is 24.3 Å². The number of piperazine rings is 1. The Morgan fingerprint density at radius 3 is 2.67 bits per heavy atom. The van der Waals surface area contributed by atoms with Gasteiger partial charge in [-0.2, -0.15) is 0 Å². The van der Waals surface area contributed by atoms with E-state index in [0.29, 0.717) is 43.3 Å². The van der Waals surface area contributed by atoms with E-state index in [1.165, 1.54) is 0 Å². The number of anilines is 1. The molecular weight excluding hydrogens is 424 g/mol. The first kappa shape index (κ1) is 24.7. The Balaban J connectivity index is 1.59. The molecule has 2 saturated heterocycles. The zero-order valence-electron chi connectivity index (χ0n) is 19.5. The molecule has 33 heavy (non-hydrogen) atoms. The van der Waals surface area contributed by atoms with Crippen LogP contribution in [0.1, 0.15) is 49.9 Å². The van der Waals surface area contributed by atoms with Gasteiger partial charge in [0.25, 0.3) is 5.91 Å². The molecule has 0 bridgehead atoms. The molecule has 2 heterocycles. The maximum atomic E-state index is 12.8. The second kappa shape index (κ2) is 11.8. The maximum Gasteiger partial charge on any atom is 0.307 e. The number of rotatable bonds is 8. The third kappa shape index (κ3) is 7.02. The van der Waals surface area contributed by atoms with Crippen molar-refractivity contribution in [3.05, 3.63) is 29.8 Å². The number of ether oxygens (including phenoxy) is 1. The van der Waals surface area contributed by atoms with Gasteiger partial charge in [-0.15, -0.1) is 0 Å². The van der Waals surface area contributed by atoms with Crippen LogP contribution in [0.3, 0.4) is 0 Å². The molecule has 2 aliphatic rings. The third-order valence-corrected chi connectivity index (χ3v) is 6.08. The summed E-state index contributed by atoms with van der Waals surface area (Å²) in [4.78, 5) is 53.4. The van der Waals surface area contributed by atoms with Gasteiger partial charge >= 0.3 is 5.97 Å². The first-order chi connectivity index (χ1) is 15.9. The molecule has 9 nitrogen and oxygen atoms in total. The van der Waals surface area contributed by atoms with Crippen LogP contribution >= 0.6 is 0 Å². The minimum absolute atomic E-state index is 0.0312. The smallest absolute Gasteiger partial charge is 0.307 e. The average molecular weight is 459 g/mol. The van der Waals surface area contributed by atoms with Crippen molar-refractivity contribution in [2.24, 2.45) is 5.92 Å². The number of esters is 1. The fraction of sp³-hybridized carbons (Fsp3) is 0.583. The van der Waals surface area contributed by atoms with Crippen molar-refractivity contribution < 1.29 is 23.9 Å². The first-order valence-corrected chi connectivity index (χ1v) is 11.7. The summed E-state index contributed by atoms with van der Waals surface area (Å²) in [7, 11) is 0. The highest BCUT2D eigenvalue weighted by Gasteiger charge is 2.33. The zero-order valence-corrected chi connectivity index (χ0v) is 19.5. The summed E-state index contributed by atoms with van der Waals surface area (Å²) in [5.41, 5.74) is 1.06. The highest BCUT2D eigenvalue weighted by Crippen LogP contribution is 2.20. The van der Waals surface area contributed by atoms with Gasteiger partial charge in [0.1, 0.15) is 6.04 Å². The second-order valence-electron chi connectivity index (χ2n) is 8.81. The van der Waals surface area contributed by atoms with Crippen molar-refractivity contribution in [1.29, 1.82) is 0 Å². The third-order valence-electron chi connectivity index (χ3n) is 6.08. The number of amides is 3. The number of benzene rings is 1. The molecule has 9 heteroatoms. The molecule has 1 atom stereocenters. The molecule has 2 fully saturated rings. The Labute approximate surface area is 194 Å². The normalized spacial score (nSPS) is 19.6. The standard InChI is InChI=1S/C24H34N4O5/c1-3-13-33-22(30)15-20-23(31)25-9-12-28(20)16-21(29)26-19-6-4-5-18(14-19)24(32)27-10-7-17(2)8-11-27/h4-6,14,17,20H,3,7-13,15-16H2,1-2H3,(H,25,31)(H,26,29). The Morgan fingerprint density at radius 2 is 1.94 bits per heavy atom. The highest BCUT2D eigenvalue weighted by atomic mass is 16.5. The Kier molecular flexibility index (Phi) is 8.82. The quantitative estimate of drug-likeness (QED) is 0.574. The highest BCUT2D eigenvalue weighted by molar-refractivity contribution is 5.98. The van der Waals surface area contributed by atoms with Gasteiger partial charge in [0.15, 0.2) is 0 Å². The molecule has 1 aromatic rings. The van der Waals surface area contributed by atoms with Gasteiger partial charge in [0, 0.05) is 37.4 Å². The maximum absolute atomic E-state index is 12.8. The number of nitrogens with zero attached hydrogens (tertiary/aromatic N) is 2. The van der Waals surface area contributed by atoms with Gasteiger partial charge in [-0.3, -0.25) is 24.1 Å². The molecule has 0 radical (unpaired) electrons. The fourth-order valence-corrected chi connectivity index (χ4v) is 4.12. The van der Waals surface area contributed by atoms with Crippen LogP contribution in [0.25, 0.3) is 0 Å². The summed E-state index contributed by atoms with van der Waals surface area (Å²) in [5.74, 6) is -0.452. The van der Waals surface area contributed by atoms with Gasteiger partial charge in [0.2, 0.25) is 11.8 Å². The number of hydrogen-bond acceptors (Lipinski definition) is 6. The number of likely N-dealkylation sites (tertiary alicyclic amines) is 1. The van der Waals surface area contributed by atoms with Gasteiger partial charge < -0.3 is 20.3 Å². The van der Waals surface area contributed by atoms with Gasteiger partial charge in [-0.05, 0) is 43.4 Å². The van der Waals surface area contributed by atoms with Crippen LogP contribution in [0.5, 0.6) is 0 Å². The number of carbonyl (C=O) groups is 4. The first-order valence-electron chi connectivity index (χ1n) is 11.7. The number of hydrogen-bond donors (Lipinski definition) is 2. The van der Waals surface area contributed by atoms with Crippen molar-refractivity contribution in [2.45, 2.75) is 45.6 Å². The minimum Gasteiger partial charge on any atom is -0.466 e. The lowest BCUT2D eigenvalue weighted by molar-refractivity contribution is -0.148. The lowest BCUT2D eigenvalue weighted by Gasteiger charge is -2.33. The summed E-state index contributed by atoms with van der Waals surface area (Å²) in [5, 5.41) is 5.56. The van der Waals surface area contributed by atoms with Gasteiger partial charge in [0.05, 0.1) is 19.6 Å². The predicted octanol–water partition coefficient (Wildman–Crippen LogP) is 1.64. The summed E-state index contributed by atoms with van der Waals surface area (Å²) in [6, 6.07) is 6.17. The monoisotopic (exact) mass is 458 g/mol. The number of nitrogens with one attached hydrogen (secondary N) is 2. The minimum atomic E-state index is -0.747. The molecule has 3 amide bonds. The van der Waals surface area contributed by atoms with Crippen LogP contribution < -0.4 is 10.6 Å². The Morgan fingerprint density at radius 1 is 1.18 bits per heavy atom. The molecule has 1 aromatic carbocycles. The topological polar surface area (TPSA) is 108 Å².